The first-order valence-electron chi connectivity index (χ1n) is 7.24. The van der Waals surface area contributed by atoms with Crippen LogP contribution in [0.4, 0.5) is 4.39 Å². The molecule has 3 heteroatoms. The maximum Gasteiger partial charge on any atom is 0.123 e. The van der Waals surface area contributed by atoms with Crippen molar-refractivity contribution in [1.29, 1.82) is 0 Å². The summed E-state index contributed by atoms with van der Waals surface area (Å²) >= 11 is 0. The summed E-state index contributed by atoms with van der Waals surface area (Å²) < 4.78 is 19.0. The van der Waals surface area contributed by atoms with Crippen molar-refractivity contribution < 1.29 is 9.13 Å². The van der Waals surface area contributed by atoms with Gasteiger partial charge in [0.15, 0.2) is 0 Å². The fraction of sp³-hybridized carbons (Fsp3) is 0.333. The van der Waals surface area contributed by atoms with E-state index in [2.05, 4.69) is 19.2 Å². The zero-order valence-corrected chi connectivity index (χ0v) is 13.0. The zero-order chi connectivity index (χ0) is 15.4. The van der Waals surface area contributed by atoms with E-state index in [9.17, 15) is 4.39 Å². The molecule has 2 nitrogen and oxygen atoms in total. The smallest absolute Gasteiger partial charge is 0.123 e. The number of halogens is 1. The first-order valence-corrected chi connectivity index (χ1v) is 7.24. The van der Waals surface area contributed by atoms with Crippen molar-refractivity contribution in [2.45, 2.75) is 26.8 Å². The van der Waals surface area contributed by atoms with Crippen molar-refractivity contribution >= 4 is 0 Å². The van der Waals surface area contributed by atoms with Crippen LogP contribution in [0.3, 0.4) is 0 Å². The predicted molar refractivity (Wildman–Crippen MR) is 85.2 cm³/mol. The first-order chi connectivity index (χ1) is 10.1. The second-order valence-corrected chi connectivity index (χ2v) is 5.19. The lowest BCUT2D eigenvalue weighted by atomic mass is 9.92. The summed E-state index contributed by atoms with van der Waals surface area (Å²) in [5.41, 5.74) is 4.15. The normalized spacial score (nSPS) is 12.2. The summed E-state index contributed by atoms with van der Waals surface area (Å²) in [4.78, 5) is 0. The molecule has 0 saturated carbocycles. The van der Waals surface area contributed by atoms with Crippen LogP contribution in [-0.2, 0) is 0 Å². The van der Waals surface area contributed by atoms with E-state index in [0.29, 0.717) is 0 Å². The summed E-state index contributed by atoms with van der Waals surface area (Å²) in [5.74, 6) is 0.599. The zero-order valence-electron chi connectivity index (χ0n) is 13.0. The standard InChI is InChI=1S/C18H22FNO/c1-5-20-13(3)17-8-6-14(19)11-18(17)16-9-7-15(21-4)10-12(16)2/h6-11,13,20H,5H2,1-4H3. The molecule has 0 saturated heterocycles. The maximum atomic E-state index is 13.7. The van der Waals surface area contributed by atoms with Crippen LogP contribution in [0.15, 0.2) is 36.4 Å². The Bertz CT molecular complexity index is 625. The number of ether oxygens (including phenoxy) is 1. The molecule has 0 bridgehead atoms. The number of benzene rings is 2. The maximum absolute atomic E-state index is 13.7. The van der Waals surface area contributed by atoms with Gasteiger partial charge in [-0.05, 0) is 66.9 Å². The number of rotatable bonds is 5. The van der Waals surface area contributed by atoms with E-state index in [1.54, 1.807) is 13.2 Å². The summed E-state index contributed by atoms with van der Waals surface area (Å²) in [5, 5.41) is 3.39. The lowest BCUT2D eigenvalue weighted by molar-refractivity contribution is 0.414. The van der Waals surface area contributed by atoms with Crippen LogP contribution in [0.2, 0.25) is 0 Å². The molecule has 2 aromatic carbocycles. The molecule has 0 aliphatic rings. The van der Waals surface area contributed by atoms with Gasteiger partial charge in [0.2, 0.25) is 0 Å². The Labute approximate surface area is 126 Å². The molecule has 0 fully saturated rings. The third-order valence-corrected chi connectivity index (χ3v) is 3.72. The van der Waals surface area contributed by atoms with Crippen molar-refractivity contribution in [3.63, 3.8) is 0 Å². The topological polar surface area (TPSA) is 21.3 Å². The third kappa shape index (κ3) is 3.42. The molecule has 1 atom stereocenters. The van der Waals surface area contributed by atoms with E-state index >= 15 is 0 Å². The molecule has 112 valence electrons. The number of aryl methyl sites for hydroxylation is 1. The molecule has 2 rings (SSSR count). The van der Waals surface area contributed by atoms with E-state index in [4.69, 9.17) is 4.74 Å². The van der Waals surface area contributed by atoms with Gasteiger partial charge in [-0.1, -0.05) is 19.1 Å². The molecule has 0 aliphatic heterocycles. The molecule has 0 heterocycles. The molecule has 0 aromatic heterocycles. The number of methoxy groups -OCH3 is 1. The highest BCUT2D eigenvalue weighted by molar-refractivity contribution is 5.72. The lowest BCUT2D eigenvalue weighted by Crippen LogP contribution is -2.18. The van der Waals surface area contributed by atoms with Gasteiger partial charge in [0.25, 0.3) is 0 Å². The van der Waals surface area contributed by atoms with E-state index in [1.807, 2.05) is 31.2 Å². The molecule has 0 amide bonds. The molecule has 2 aromatic rings. The second-order valence-electron chi connectivity index (χ2n) is 5.19. The van der Waals surface area contributed by atoms with Gasteiger partial charge in [-0.2, -0.15) is 0 Å². The van der Waals surface area contributed by atoms with Gasteiger partial charge in [-0.25, -0.2) is 4.39 Å². The number of nitrogens with one attached hydrogen (secondary N) is 1. The van der Waals surface area contributed by atoms with Gasteiger partial charge in [0.1, 0.15) is 11.6 Å². The molecule has 21 heavy (non-hydrogen) atoms. The van der Waals surface area contributed by atoms with Crippen LogP contribution in [0.1, 0.15) is 31.0 Å². The van der Waals surface area contributed by atoms with Gasteiger partial charge < -0.3 is 10.1 Å². The SMILES string of the molecule is CCNC(C)c1ccc(F)cc1-c1ccc(OC)cc1C. The Morgan fingerprint density at radius 3 is 2.52 bits per heavy atom. The molecular formula is C18H22FNO. The lowest BCUT2D eigenvalue weighted by Gasteiger charge is -2.19. The van der Waals surface area contributed by atoms with Gasteiger partial charge in [0.05, 0.1) is 7.11 Å². The number of hydrogen-bond donors (Lipinski definition) is 1. The Balaban J connectivity index is 2.54. The molecule has 0 spiro atoms. The third-order valence-electron chi connectivity index (χ3n) is 3.72. The molecule has 0 radical (unpaired) electrons. The number of hydrogen-bond acceptors (Lipinski definition) is 2. The Hall–Kier alpha value is -1.87. The van der Waals surface area contributed by atoms with Crippen LogP contribution < -0.4 is 10.1 Å². The Morgan fingerprint density at radius 1 is 1.14 bits per heavy atom. The molecule has 1 unspecified atom stereocenters. The minimum Gasteiger partial charge on any atom is -0.497 e. The summed E-state index contributed by atoms with van der Waals surface area (Å²) in [7, 11) is 1.65. The molecular weight excluding hydrogens is 265 g/mol. The minimum atomic E-state index is -0.215. The highest BCUT2D eigenvalue weighted by Gasteiger charge is 2.14. The van der Waals surface area contributed by atoms with Gasteiger partial charge in [0, 0.05) is 6.04 Å². The van der Waals surface area contributed by atoms with Crippen LogP contribution in [-0.4, -0.2) is 13.7 Å². The van der Waals surface area contributed by atoms with Crippen molar-refractivity contribution in [3.05, 3.63) is 53.3 Å². The van der Waals surface area contributed by atoms with E-state index in [-0.39, 0.29) is 11.9 Å². The van der Waals surface area contributed by atoms with Crippen LogP contribution in [0.25, 0.3) is 11.1 Å². The van der Waals surface area contributed by atoms with E-state index in [0.717, 1.165) is 34.5 Å². The van der Waals surface area contributed by atoms with Crippen molar-refractivity contribution in [1.82, 2.24) is 5.32 Å². The van der Waals surface area contributed by atoms with Gasteiger partial charge in [-0.3, -0.25) is 0 Å². The molecule has 1 N–H and O–H groups in total. The highest BCUT2D eigenvalue weighted by atomic mass is 19.1. The minimum absolute atomic E-state index is 0.173. The fourth-order valence-corrected chi connectivity index (χ4v) is 2.62. The van der Waals surface area contributed by atoms with Crippen molar-refractivity contribution in [2.75, 3.05) is 13.7 Å². The average molecular weight is 287 g/mol. The highest BCUT2D eigenvalue weighted by Crippen LogP contribution is 2.33. The van der Waals surface area contributed by atoms with Gasteiger partial charge in [-0.15, -0.1) is 0 Å². The largest absolute Gasteiger partial charge is 0.497 e. The van der Waals surface area contributed by atoms with E-state index in [1.165, 1.54) is 6.07 Å². The molecule has 0 aliphatic carbocycles. The van der Waals surface area contributed by atoms with Crippen LogP contribution in [0, 0.1) is 12.7 Å². The Morgan fingerprint density at radius 2 is 1.90 bits per heavy atom. The Kier molecular flexibility index (Phi) is 4.97. The van der Waals surface area contributed by atoms with E-state index < -0.39 is 0 Å². The average Bonchev–Trinajstić information content (AvgIpc) is 2.47. The fourth-order valence-electron chi connectivity index (χ4n) is 2.62. The summed E-state index contributed by atoms with van der Waals surface area (Å²) in [6.45, 7) is 7.06. The van der Waals surface area contributed by atoms with Crippen LogP contribution in [0.5, 0.6) is 5.75 Å². The predicted octanol–water partition coefficient (Wildman–Crippen LogP) is 4.48. The quantitative estimate of drug-likeness (QED) is 0.875. The van der Waals surface area contributed by atoms with Gasteiger partial charge >= 0.3 is 0 Å². The first kappa shape index (κ1) is 15.5. The van der Waals surface area contributed by atoms with Crippen molar-refractivity contribution in [2.24, 2.45) is 0 Å². The summed E-state index contributed by atoms with van der Waals surface area (Å²) in [6, 6.07) is 11.0. The summed E-state index contributed by atoms with van der Waals surface area (Å²) in [6.07, 6.45) is 0. The second kappa shape index (κ2) is 6.72. The monoisotopic (exact) mass is 287 g/mol. The van der Waals surface area contributed by atoms with Crippen molar-refractivity contribution in [3.8, 4) is 16.9 Å². The van der Waals surface area contributed by atoms with Crippen LogP contribution >= 0.6 is 0 Å².